The van der Waals surface area contributed by atoms with E-state index >= 15 is 0 Å². The molecule has 19 heavy (non-hydrogen) atoms. The number of amides is 2. The lowest BCUT2D eigenvalue weighted by Gasteiger charge is -2.55. The Balaban J connectivity index is 1.62. The number of nitrogens with zero attached hydrogens (tertiary/aromatic N) is 2. The molecule has 2 fully saturated rings. The molecule has 5 heteroatoms. The quantitative estimate of drug-likeness (QED) is 0.879. The van der Waals surface area contributed by atoms with Crippen molar-refractivity contribution in [3.05, 3.63) is 24.3 Å². The predicted molar refractivity (Wildman–Crippen MR) is 73.5 cm³/mol. The fourth-order valence-corrected chi connectivity index (χ4v) is 3.01. The smallest absolute Gasteiger partial charge is 0.322 e. The third kappa shape index (κ3) is 2.26. The standard InChI is InChI=1S/C14H19N3O2/c1-16-8-11-7-12(9-16)17(11)14(18)15-10-3-5-13(19-2)6-4-10/h3-6,11-12H,7-9H2,1-2H3,(H,15,18). The molecule has 0 saturated carbocycles. The fourth-order valence-electron chi connectivity index (χ4n) is 3.01. The van der Waals surface area contributed by atoms with Gasteiger partial charge in [0.25, 0.3) is 0 Å². The van der Waals surface area contributed by atoms with Crippen molar-refractivity contribution < 1.29 is 9.53 Å². The number of anilines is 1. The van der Waals surface area contributed by atoms with Gasteiger partial charge in [-0.25, -0.2) is 4.79 Å². The van der Waals surface area contributed by atoms with Crippen molar-refractivity contribution in [3.63, 3.8) is 0 Å². The van der Waals surface area contributed by atoms with Crippen LogP contribution in [-0.2, 0) is 0 Å². The summed E-state index contributed by atoms with van der Waals surface area (Å²) in [5, 5.41) is 2.95. The van der Waals surface area contributed by atoms with E-state index in [0.717, 1.165) is 30.9 Å². The molecule has 1 aromatic carbocycles. The van der Waals surface area contributed by atoms with Gasteiger partial charge in [0.1, 0.15) is 5.75 Å². The number of ether oxygens (including phenoxy) is 1. The minimum Gasteiger partial charge on any atom is -0.497 e. The predicted octanol–water partition coefficient (Wildman–Crippen LogP) is 1.62. The van der Waals surface area contributed by atoms with Crippen LogP contribution in [0.25, 0.3) is 0 Å². The van der Waals surface area contributed by atoms with E-state index < -0.39 is 0 Å². The van der Waals surface area contributed by atoms with E-state index in [0.29, 0.717) is 12.1 Å². The number of benzene rings is 1. The van der Waals surface area contributed by atoms with Crippen LogP contribution >= 0.6 is 0 Å². The molecule has 2 amide bonds. The number of carbonyl (C=O) groups is 1. The first-order chi connectivity index (χ1) is 9.17. The highest BCUT2D eigenvalue weighted by Crippen LogP contribution is 2.32. The summed E-state index contributed by atoms with van der Waals surface area (Å²) in [6, 6.07) is 8.18. The fraction of sp³-hybridized carbons (Fsp3) is 0.500. The third-order valence-corrected chi connectivity index (χ3v) is 3.95. The van der Waals surface area contributed by atoms with Crippen LogP contribution in [0.5, 0.6) is 5.75 Å². The molecule has 0 aliphatic carbocycles. The lowest BCUT2D eigenvalue weighted by Crippen LogP contribution is -2.70. The van der Waals surface area contributed by atoms with Crippen molar-refractivity contribution in [1.29, 1.82) is 0 Å². The highest BCUT2D eigenvalue weighted by atomic mass is 16.5. The third-order valence-electron chi connectivity index (χ3n) is 3.95. The molecule has 3 rings (SSSR count). The number of hydrogen-bond donors (Lipinski definition) is 1. The molecular weight excluding hydrogens is 242 g/mol. The van der Waals surface area contributed by atoms with Gasteiger partial charge in [-0.1, -0.05) is 0 Å². The van der Waals surface area contributed by atoms with Gasteiger partial charge in [-0.2, -0.15) is 0 Å². The van der Waals surface area contributed by atoms with Gasteiger partial charge in [-0.3, -0.25) is 0 Å². The summed E-state index contributed by atoms with van der Waals surface area (Å²) in [4.78, 5) is 16.5. The summed E-state index contributed by atoms with van der Waals surface area (Å²) >= 11 is 0. The van der Waals surface area contributed by atoms with Gasteiger partial charge in [0.15, 0.2) is 0 Å². The second kappa shape index (κ2) is 4.74. The van der Waals surface area contributed by atoms with E-state index in [9.17, 15) is 4.79 Å². The molecule has 2 heterocycles. The second-order valence-electron chi connectivity index (χ2n) is 5.33. The molecule has 102 valence electrons. The van der Waals surface area contributed by atoms with Gasteiger partial charge >= 0.3 is 6.03 Å². The first kappa shape index (κ1) is 12.3. The van der Waals surface area contributed by atoms with Gasteiger partial charge in [0.05, 0.1) is 7.11 Å². The monoisotopic (exact) mass is 261 g/mol. The molecular formula is C14H19N3O2. The Morgan fingerprint density at radius 2 is 1.89 bits per heavy atom. The van der Waals surface area contributed by atoms with E-state index in [-0.39, 0.29) is 6.03 Å². The van der Waals surface area contributed by atoms with Crippen molar-refractivity contribution in [3.8, 4) is 5.75 Å². The molecule has 2 saturated heterocycles. The number of nitrogens with one attached hydrogen (secondary N) is 1. The Labute approximate surface area is 113 Å². The van der Waals surface area contributed by atoms with E-state index in [4.69, 9.17) is 4.74 Å². The molecule has 2 bridgehead atoms. The van der Waals surface area contributed by atoms with Gasteiger partial charge in [0.2, 0.25) is 0 Å². The van der Waals surface area contributed by atoms with Crippen LogP contribution < -0.4 is 10.1 Å². The number of fused-ring (bicyclic) bond motifs is 2. The van der Waals surface area contributed by atoms with Crippen LogP contribution in [-0.4, -0.2) is 55.2 Å². The number of methoxy groups -OCH3 is 1. The molecule has 1 aromatic rings. The minimum atomic E-state index is 0.0134. The zero-order chi connectivity index (χ0) is 13.4. The van der Waals surface area contributed by atoms with Crippen LogP contribution in [0.4, 0.5) is 10.5 Å². The van der Waals surface area contributed by atoms with Crippen molar-refractivity contribution in [1.82, 2.24) is 9.80 Å². The summed E-state index contributed by atoms with van der Waals surface area (Å²) in [7, 11) is 3.74. The summed E-state index contributed by atoms with van der Waals surface area (Å²) in [5.41, 5.74) is 0.809. The summed E-state index contributed by atoms with van der Waals surface area (Å²) in [6.45, 7) is 1.96. The van der Waals surface area contributed by atoms with E-state index in [1.54, 1.807) is 7.11 Å². The summed E-state index contributed by atoms with van der Waals surface area (Å²) in [6.07, 6.45) is 1.14. The second-order valence-corrected chi connectivity index (χ2v) is 5.33. The maximum Gasteiger partial charge on any atom is 0.322 e. The Kier molecular flexibility index (Phi) is 3.06. The van der Waals surface area contributed by atoms with Gasteiger partial charge in [0, 0.05) is 30.9 Å². The van der Waals surface area contributed by atoms with Gasteiger partial charge in [-0.05, 0) is 37.7 Å². The average Bonchev–Trinajstić information content (AvgIpc) is 2.39. The zero-order valence-electron chi connectivity index (χ0n) is 11.3. The van der Waals surface area contributed by atoms with Crippen LogP contribution in [0.1, 0.15) is 6.42 Å². The van der Waals surface area contributed by atoms with Crippen molar-refractivity contribution in [2.45, 2.75) is 18.5 Å². The molecule has 0 aromatic heterocycles. The Bertz CT molecular complexity index is 462. The first-order valence-corrected chi connectivity index (χ1v) is 6.59. The van der Waals surface area contributed by atoms with Crippen molar-refractivity contribution in [2.24, 2.45) is 0 Å². The first-order valence-electron chi connectivity index (χ1n) is 6.59. The number of likely N-dealkylation sites (tertiary alicyclic amines) is 2. The van der Waals surface area contributed by atoms with E-state index in [1.807, 2.05) is 29.2 Å². The topological polar surface area (TPSA) is 44.8 Å². The number of piperazine rings is 1. The molecule has 2 aliphatic heterocycles. The highest BCUT2D eigenvalue weighted by Gasteiger charge is 2.46. The summed E-state index contributed by atoms with van der Waals surface area (Å²) in [5.74, 6) is 0.792. The molecule has 2 unspecified atom stereocenters. The SMILES string of the molecule is COc1ccc(NC(=O)N2C3CC2CN(C)C3)cc1. The molecule has 5 nitrogen and oxygen atoms in total. The number of likely N-dealkylation sites (N-methyl/N-ethyl adjacent to an activating group) is 1. The maximum atomic E-state index is 12.2. The number of rotatable bonds is 2. The normalized spacial score (nSPS) is 25.7. The number of carbonyl (C=O) groups excluding carboxylic acids is 1. The molecule has 1 N–H and O–H groups in total. The number of piperidine rings is 1. The van der Waals surface area contributed by atoms with Gasteiger partial charge < -0.3 is 19.9 Å². The summed E-state index contributed by atoms with van der Waals surface area (Å²) < 4.78 is 5.10. The van der Waals surface area contributed by atoms with Crippen LogP contribution in [0, 0.1) is 0 Å². The van der Waals surface area contributed by atoms with Crippen LogP contribution in [0.15, 0.2) is 24.3 Å². The maximum absolute atomic E-state index is 12.2. The van der Waals surface area contributed by atoms with Crippen LogP contribution in [0.3, 0.4) is 0 Å². The zero-order valence-corrected chi connectivity index (χ0v) is 11.3. The van der Waals surface area contributed by atoms with E-state index in [1.165, 1.54) is 0 Å². The lowest BCUT2D eigenvalue weighted by molar-refractivity contribution is -0.0221. The lowest BCUT2D eigenvalue weighted by atomic mass is 9.88. The molecule has 2 aliphatic rings. The van der Waals surface area contributed by atoms with E-state index in [2.05, 4.69) is 17.3 Å². The Hall–Kier alpha value is -1.75. The number of urea groups is 1. The average molecular weight is 261 g/mol. The number of hydrogen-bond acceptors (Lipinski definition) is 3. The van der Waals surface area contributed by atoms with Crippen molar-refractivity contribution >= 4 is 11.7 Å². The Morgan fingerprint density at radius 1 is 1.26 bits per heavy atom. The molecule has 2 atom stereocenters. The Morgan fingerprint density at radius 3 is 2.47 bits per heavy atom. The molecule has 0 radical (unpaired) electrons. The van der Waals surface area contributed by atoms with Crippen LogP contribution in [0.2, 0.25) is 0 Å². The minimum absolute atomic E-state index is 0.0134. The van der Waals surface area contributed by atoms with Crippen molar-refractivity contribution in [2.75, 3.05) is 32.6 Å². The molecule has 0 spiro atoms. The largest absolute Gasteiger partial charge is 0.497 e. The van der Waals surface area contributed by atoms with Gasteiger partial charge in [-0.15, -0.1) is 0 Å². The highest BCUT2D eigenvalue weighted by molar-refractivity contribution is 5.90.